The van der Waals surface area contributed by atoms with Crippen molar-refractivity contribution in [1.29, 1.82) is 0 Å². The normalized spacial score (nSPS) is 26.2. The molecule has 1 N–H and O–H groups in total. The number of morpholine rings is 1. The van der Waals surface area contributed by atoms with Gasteiger partial charge in [-0.05, 0) is 43.7 Å². The summed E-state index contributed by atoms with van der Waals surface area (Å²) in [6.07, 6.45) is 2.60. The molecule has 2 aliphatic rings. The number of benzene rings is 1. The highest BCUT2D eigenvalue weighted by Crippen LogP contribution is 2.22. The first-order chi connectivity index (χ1) is 9.72. The zero-order chi connectivity index (χ0) is 13.9. The molecule has 0 saturated carbocycles. The number of carbonyl (C=O) groups excluding carboxylic acids is 1. The van der Waals surface area contributed by atoms with E-state index in [1.165, 1.54) is 12.8 Å². The number of fused-ring (bicyclic) bond motifs is 1. The quantitative estimate of drug-likeness (QED) is 0.926. The van der Waals surface area contributed by atoms with Crippen LogP contribution in [0.4, 0.5) is 0 Å². The van der Waals surface area contributed by atoms with Crippen LogP contribution in [-0.4, -0.2) is 49.2 Å². The number of carbonyl (C=O) groups is 1. The largest absolute Gasteiger partial charge is 0.373 e. The topological polar surface area (TPSA) is 41.6 Å². The molecule has 1 aromatic carbocycles. The lowest BCUT2D eigenvalue weighted by atomic mass is 10.1. The van der Waals surface area contributed by atoms with Gasteiger partial charge in [-0.2, -0.15) is 0 Å². The number of amides is 1. The number of ether oxygens (including phenoxy) is 1. The maximum absolute atomic E-state index is 12.0. The maximum Gasteiger partial charge on any atom is 0.251 e. The van der Waals surface area contributed by atoms with E-state index in [4.69, 9.17) is 16.3 Å². The Morgan fingerprint density at radius 1 is 1.40 bits per heavy atom. The third kappa shape index (κ3) is 3.14. The van der Waals surface area contributed by atoms with Crippen molar-refractivity contribution in [1.82, 2.24) is 10.2 Å². The van der Waals surface area contributed by atoms with Crippen LogP contribution in [-0.2, 0) is 4.74 Å². The second kappa shape index (κ2) is 6.12. The summed E-state index contributed by atoms with van der Waals surface area (Å²) in [6, 6.07) is 7.51. The Labute approximate surface area is 124 Å². The monoisotopic (exact) mass is 294 g/mol. The Morgan fingerprint density at radius 2 is 2.20 bits per heavy atom. The predicted octanol–water partition coefficient (Wildman–Crippen LogP) is 1.93. The van der Waals surface area contributed by atoms with Gasteiger partial charge in [0.1, 0.15) is 0 Å². The first kappa shape index (κ1) is 13.9. The summed E-state index contributed by atoms with van der Waals surface area (Å²) in [4.78, 5) is 14.5. The van der Waals surface area contributed by atoms with Gasteiger partial charge in [0.25, 0.3) is 5.91 Å². The zero-order valence-corrected chi connectivity index (χ0v) is 12.1. The van der Waals surface area contributed by atoms with E-state index >= 15 is 0 Å². The van der Waals surface area contributed by atoms with Crippen LogP contribution < -0.4 is 5.32 Å². The van der Waals surface area contributed by atoms with Gasteiger partial charge in [0.2, 0.25) is 0 Å². The Hall–Kier alpha value is -1.10. The highest BCUT2D eigenvalue weighted by atomic mass is 35.5. The molecule has 0 aliphatic carbocycles. The van der Waals surface area contributed by atoms with E-state index < -0.39 is 0 Å². The van der Waals surface area contributed by atoms with Crippen molar-refractivity contribution in [2.45, 2.75) is 25.0 Å². The van der Waals surface area contributed by atoms with Crippen molar-refractivity contribution in [2.75, 3.05) is 26.2 Å². The van der Waals surface area contributed by atoms with Gasteiger partial charge in [-0.3, -0.25) is 9.69 Å². The van der Waals surface area contributed by atoms with E-state index in [0.717, 1.165) is 19.7 Å². The van der Waals surface area contributed by atoms with Gasteiger partial charge >= 0.3 is 0 Å². The molecule has 1 aromatic rings. The standard InChI is InChI=1S/C15H19ClN2O2/c16-12-5-3-11(4-6-12)15(19)17-8-14-9-18-7-1-2-13(18)10-20-14/h3-6,13-14H,1-2,7-10H2,(H,17,19)/t13-,14+/m1/s1. The lowest BCUT2D eigenvalue weighted by Crippen LogP contribution is -2.50. The molecule has 0 bridgehead atoms. The second-order valence-corrected chi connectivity index (χ2v) is 5.90. The summed E-state index contributed by atoms with van der Waals surface area (Å²) in [6.45, 7) is 3.44. The first-order valence-corrected chi connectivity index (χ1v) is 7.49. The molecule has 3 rings (SSSR count). The van der Waals surface area contributed by atoms with Crippen molar-refractivity contribution < 1.29 is 9.53 Å². The van der Waals surface area contributed by atoms with Gasteiger partial charge in [0.05, 0.1) is 12.7 Å². The van der Waals surface area contributed by atoms with E-state index in [2.05, 4.69) is 10.2 Å². The fourth-order valence-electron chi connectivity index (χ4n) is 2.92. The van der Waals surface area contributed by atoms with Crippen LogP contribution in [0.5, 0.6) is 0 Å². The van der Waals surface area contributed by atoms with Crippen LogP contribution in [0.2, 0.25) is 5.02 Å². The van der Waals surface area contributed by atoms with Gasteiger partial charge in [0.15, 0.2) is 0 Å². The van der Waals surface area contributed by atoms with E-state index in [0.29, 0.717) is 23.2 Å². The Morgan fingerprint density at radius 3 is 3.00 bits per heavy atom. The van der Waals surface area contributed by atoms with E-state index in [-0.39, 0.29) is 12.0 Å². The number of hydrogen-bond donors (Lipinski definition) is 1. The van der Waals surface area contributed by atoms with Gasteiger partial charge in [-0.25, -0.2) is 0 Å². The summed E-state index contributed by atoms with van der Waals surface area (Å²) < 4.78 is 5.82. The molecule has 2 fully saturated rings. The number of hydrogen-bond acceptors (Lipinski definition) is 3. The molecule has 4 nitrogen and oxygen atoms in total. The fourth-order valence-corrected chi connectivity index (χ4v) is 3.04. The lowest BCUT2D eigenvalue weighted by molar-refractivity contribution is -0.0461. The molecule has 108 valence electrons. The van der Waals surface area contributed by atoms with Crippen LogP contribution in [0.25, 0.3) is 0 Å². The summed E-state index contributed by atoms with van der Waals surface area (Å²) in [7, 11) is 0. The van der Waals surface area contributed by atoms with Crippen molar-refractivity contribution >= 4 is 17.5 Å². The number of nitrogens with zero attached hydrogens (tertiary/aromatic N) is 1. The van der Waals surface area contributed by atoms with E-state index in [1.807, 2.05) is 0 Å². The molecule has 0 unspecified atom stereocenters. The molecule has 0 aromatic heterocycles. The zero-order valence-electron chi connectivity index (χ0n) is 11.3. The summed E-state index contributed by atoms with van der Waals surface area (Å²) in [5.74, 6) is -0.0752. The minimum absolute atomic E-state index is 0.0752. The molecule has 2 heterocycles. The molecule has 2 aliphatic heterocycles. The number of halogens is 1. The van der Waals surface area contributed by atoms with E-state index in [1.54, 1.807) is 24.3 Å². The fraction of sp³-hybridized carbons (Fsp3) is 0.533. The van der Waals surface area contributed by atoms with Crippen LogP contribution in [0.1, 0.15) is 23.2 Å². The molecule has 20 heavy (non-hydrogen) atoms. The minimum Gasteiger partial charge on any atom is -0.373 e. The summed E-state index contributed by atoms with van der Waals surface area (Å²) >= 11 is 5.81. The Kier molecular flexibility index (Phi) is 4.24. The van der Waals surface area contributed by atoms with Crippen molar-refractivity contribution in [3.8, 4) is 0 Å². The highest BCUT2D eigenvalue weighted by Gasteiger charge is 2.32. The summed E-state index contributed by atoms with van der Waals surface area (Å²) in [5.41, 5.74) is 0.629. The van der Waals surface area contributed by atoms with Crippen molar-refractivity contribution in [3.05, 3.63) is 34.9 Å². The molecule has 2 atom stereocenters. The average Bonchev–Trinajstić information content (AvgIpc) is 2.93. The third-order valence-corrected chi connectivity index (χ3v) is 4.31. The molecule has 0 radical (unpaired) electrons. The van der Waals surface area contributed by atoms with Crippen molar-refractivity contribution in [3.63, 3.8) is 0 Å². The predicted molar refractivity (Wildman–Crippen MR) is 78.1 cm³/mol. The first-order valence-electron chi connectivity index (χ1n) is 7.12. The maximum atomic E-state index is 12.0. The SMILES string of the molecule is O=C(NC[C@H]1CN2CCC[C@@H]2CO1)c1ccc(Cl)cc1. The number of nitrogens with one attached hydrogen (secondary N) is 1. The third-order valence-electron chi connectivity index (χ3n) is 4.06. The molecule has 5 heteroatoms. The lowest BCUT2D eigenvalue weighted by Gasteiger charge is -2.35. The molecule has 1 amide bonds. The van der Waals surface area contributed by atoms with Gasteiger partial charge in [0, 0.05) is 29.7 Å². The van der Waals surface area contributed by atoms with Gasteiger partial charge in [-0.15, -0.1) is 0 Å². The Bertz CT molecular complexity index is 477. The van der Waals surface area contributed by atoms with Gasteiger partial charge < -0.3 is 10.1 Å². The molecule has 2 saturated heterocycles. The molecule has 0 spiro atoms. The molecular weight excluding hydrogens is 276 g/mol. The number of rotatable bonds is 3. The van der Waals surface area contributed by atoms with Crippen LogP contribution in [0.15, 0.2) is 24.3 Å². The van der Waals surface area contributed by atoms with Gasteiger partial charge in [-0.1, -0.05) is 11.6 Å². The van der Waals surface area contributed by atoms with Crippen LogP contribution in [0.3, 0.4) is 0 Å². The Balaban J connectivity index is 1.49. The molecular formula is C15H19ClN2O2. The minimum atomic E-state index is -0.0752. The van der Waals surface area contributed by atoms with Crippen LogP contribution in [0, 0.1) is 0 Å². The smallest absolute Gasteiger partial charge is 0.251 e. The average molecular weight is 295 g/mol. The summed E-state index contributed by atoms with van der Waals surface area (Å²) in [5, 5.41) is 3.57. The van der Waals surface area contributed by atoms with E-state index in [9.17, 15) is 4.79 Å². The van der Waals surface area contributed by atoms with Crippen molar-refractivity contribution in [2.24, 2.45) is 0 Å². The van der Waals surface area contributed by atoms with Crippen LogP contribution >= 0.6 is 11.6 Å². The highest BCUT2D eigenvalue weighted by molar-refractivity contribution is 6.30. The second-order valence-electron chi connectivity index (χ2n) is 5.46.